The number of hydrogen-bond acceptors (Lipinski definition) is 4. The lowest BCUT2D eigenvalue weighted by Gasteiger charge is -2.19. The van der Waals surface area contributed by atoms with E-state index in [9.17, 15) is 0 Å². The topological polar surface area (TPSA) is 42.3 Å². The Bertz CT molecular complexity index is 380. The Balaban J connectivity index is 1.79. The third-order valence-electron chi connectivity index (χ3n) is 3.89. The summed E-state index contributed by atoms with van der Waals surface area (Å²) in [4.78, 5) is 2.59. The molecule has 1 N–H and O–H groups in total. The van der Waals surface area contributed by atoms with Gasteiger partial charge in [0.2, 0.25) is 0 Å². The van der Waals surface area contributed by atoms with Gasteiger partial charge in [0.1, 0.15) is 0 Å². The molecule has 20 heavy (non-hydrogen) atoms. The van der Waals surface area contributed by atoms with Gasteiger partial charge in [0.05, 0.1) is 25.0 Å². The molecular formula is C15H28N4O. The summed E-state index contributed by atoms with van der Waals surface area (Å²) in [5.41, 5.74) is 1.13. The van der Waals surface area contributed by atoms with E-state index in [4.69, 9.17) is 4.74 Å². The molecule has 1 saturated heterocycles. The molecule has 1 aromatic rings. The summed E-state index contributed by atoms with van der Waals surface area (Å²) >= 11 is 0. The third-order valence-corrected chi connectivity index (χ3v) is 3.89. The molecule has 5 heteroatoms. The molecule has 2 rings (SSSR count). The highest BCUT2D eigenvalue weighted by Gasteiger charge is 2.16. The van der Waals surface area contributed by atoms with Crippen molar-refractivity contribution >= 4 is 5.69 Å². The average molecular weight is 280 g/mol. The van der Waals surface area contributed by atoms with Crippen LogP contribution in [0.15, 0.2) is 12.4 Å². The van der Waals surface area contributed by atoms with E-state index in [-0.39, 0.29) is 0 Å². The number of ether oxygens (including phenoxy) is 1. The number of nitrogens with one attached hydrogen (secondary N) is 1. The van der Waals surface area contributed by atoms with Crippen LogP contribution < -0.4 is 5.32 Å². The van der Waals surface area contributed by atoms with E-state index < -0.39 is 0 Å². The maximum atomic E-state index is 5.07. The van der Waals surface area contributed by atoms with Crippen molar-refractivity contribution in [2.75, 3.05) is 38.7 Å². The molecular weight excluding hydrogens is 252 g/mol. The number of anilines is 1. The highest BCUT2D eigenvalue weighted by atomic mass is 16.5. The molecule has 0 aromatic carbocycles. The number of likely N-dealkylation sites (tertiary alicyclic amines) is 1. The zero-order chi connectivity index (χ0) is 14.2. The van der Waals surface area contributed by atoms with E-state index in [2.05, 4.69) is 28.4 Å². The molecule has 114 valence electrons. The summed E-state index contributed by atoms with van der Waals surface area (Å²) in [6.07, 6.45) is 9.02. The van der Waals surface area contributed by atoms with Gasteiger partial charge >= 0.3 is 0 Å². The maximum absolute atomic E-state index is 5.07. The fourth-order valence-corrected chi connectivity index (χ4v) is 2.82. The Kier molecular flexibility index (Phi) is 6.33. The van der Waals surface area contributed by atoms with Gasteiger partial charge in [0.15, 0.2) is 0 Å². The minimum atomic E-state index is 0.580. The third kappa shape index (κ3) is 4.80. The smallest absolute Gasteiger partial charge is 0.0728 e. The van der Waals surface area contributed by atoms with Crippen molar-refractivity contribution in [3.8, 4) is 0 Å². The van der Waals surface area contributed by atoms with E-state index in [0.717, 1.165) is 12.2 Å². The highest BCUT2D eigenvalue weighted by Crippen LogP contribution is 2.16. The summed E-state index contributed by atoms with van der Waals surface area (Å²) < 4.78 is 7.01. The molecule has 5 nitrogen and oxygen atoms in total. The van der Waals surface area contributed by atoms with Gasteiger partial charge in [-0.3, -0.25) is 4.68 Å². The van der Waals surface area contributed by atoms with Crippen LogP contribution in [-0.4, -0.2) is 54.1 Å². The number of methoxy groups -OCH3 is 1. The molecule has 0 amide bonds. The van der Waals surface area contributed by atoms with Crippen molar-refractivity contribution in [2.24, 2.45) is 0 Å². The molecule has 1 unspecified atom stereocenters. The zero-order valence-electron chi connectivity index (χ0n) is 12.8. The summed E-state index contributed by atoms with van der Waals surface area (Å²) in [5.74, 6) is 0. The first kappa shape index (κ1) is 15.3. The highest BCUT2D eigenvalue weighted by molar-refractivity contribution is 5.39. The second-order valence-electron chi connectivity index (χ2n) is 5.60. The molecule has 1 aliphatic heterocycles. The van der Waals surface area contributed by atoms with Gasteiger partial charge in [-0.1, -0.05) is 6.92 Å². The first-order valence-corrected chi connectivity index (χ1v) is 7.82. The minimum Gasteiger partial charge on any atom is -0.383 e. The number of nitrogens with zero attached hydrogens (tertiary/aromatic N) is 3. The van der Waals surface area contributed by atoms with Crippen LogP contribution in [0.2, 0.25) is 0 Å². The van der Waals surface area contributed by atoms with Gasteiger partial charge < -0.3 is 15.0 Å². The second kappa shape index (κ2) is 8.27. The van der Waals surface area contributed by atoms with E-state index in [1.807, 2.05) is 10.9 Å². The second-order valence-corrected chi connectivity index (χ2v) is 5.60. The fourth-order valence-electron chi connectivity index (χ4n) is 2.82. The minimum absolute atomic E-state index is 0.580. The molecule has 0 spiro atoms. The summed E-state index contributed by atoms with van der Waals surface area (Å²) in [6, 6.07) is 0.580. The van der Waals surface area contributed by atoms with Gasteiger partial charge in [-0.25, -0.2) is 0 Å². The summed E-state index contributed by atoms with van der Waals surface area (Å²) in [7, 11) is 1.72. The van der Waals surface area contributed by atoms with Crippen molar-refractivity contribution in [1.82, 2.24) is 14.7 Å². The van der Waals surface area contributed by atoms with Crippen molar-refractivity contribution in [3.05, 3.63) is 12.4 Å². The van der Waals surface area contributed by atoms with Gasteiger partial charge in [-0.05, 0) is 38.8 Å². The van der Waals surface area contributed by atoms with Gasteiger partial charge in [0.25, 0.3) is 0 Å². The maximum Gasteiger partial charge on any atom is 0.0728 e. The van der Waals surface area contributed by atoms with E-state index >= 15 is 0 Å². The van der Waals surface area contributed by atoms with Crippen LogP contribution in [0.3, 0.4) is 0 Å². The van der Waals surface area contributed by atoms with Gasteiger partial charge in [-0.2, -0.15) is 5.10 Å². The van der Waals surface area contributed by atoms with Crippen LogP contribution >= 0.6 is 0 Å². The van der Waals surface area contributed by atoms with Gasteiger partial charge in [0, 0.05) is 25.9 Å². The van der Waals surface area contributed by atoms with Crippen LogP contribution in [0.25, 0.3) is 0 Å². The standard InChI is InChI=1S/C15H28N4O/c1-3-7-18-8-4-5-14(6-9-18)17-15-12-16-19(13-15)10-11-20-2/h12-14,17H,3-11H2,1-2H3. The Morgan fingerprint density at radius 1 is 1.35 bits per heavy atom. The largest absolute Gasteiger partial charge is 0.383 e. The van der Waals surface area contributed by atoms with E-state index in [1.54, 1.807) is 7.11 Å². The van der Waals surface area contributed by atoms with E-state index in [1.165, 1.54) is 45.3 Å². The summed E-state index contributed by atoms with van der Waals surface area (Å²) in [6.45, 7) is 7.47. The van der Waals surface area contributed by atoms with Crippen LogP contribution in [0, 0.1) is 0 Å². The molecule has 0 radical (unpaired) electrons. The summed E-state index contributed by atoms with van der Waals surface area (Å²) in [5, 5.41) is 7.98. The molecule has 1 fully saturated rings. The quantitative estimate of drug-likeness (QED) is 0.831. The molecule has 2 heterocycles. The van der Waals surface area contributed by atoms with Crippen LogP contribution in [-0.2, 0) is 11.3 Å². The van der Waals surface area contributed by atoms with E-state index in [0.29, 0.717) is 12.6 Å². The first-order chi connectivity index (χ1) is 9.81. The number of hydrogen-bond donors (Lipinski definition) is 1. The van der Waals surface area contributed by atoms with Crippen molar-refractivity contribution in [2.45, 2.75) is 45.2 Å². The normalized spacial score (nSPS) is 20.8. The Labute approximate surface area is 122 Å². The van der Waals surface area contributed by atoms with Crippen molar-refractivity contribution in [1.29, 1.82) is 0 Å². The molecule has 1 aliphatic rings. The lowest BCUT2D eigenvalue weighted by atomic mass is 10.1. The average Bonchev–Trinajstić information content (AvgIpc) is 2.77. The predicted molar refractivity (Wildman–Crippen MR) is 82.1 cm³/mol. The molecule has 1 aromatic heterocycles. The zero-order valence-corrected chi connectivity index (χ0v) is 12.8. The SMILES string of the molecule is CCCN1CCCC(Nc2cnn(CCOC)c2)CC1. The van der Waals surface area contributed by atoms with Crippen molar-refractivity contribution < 1.29 is 4.74 Å². The van der Waals surface area contributed by atoms with Gasteiger partial charge in [-0.15, -0.1) is 0 Å². The molecule has 0 saturated carbocycles. The fraction of sp³-hybridized carbons (Fsp3) is 0.800. The number of aromatic nitrogens is 2. The van der Waals surface area contributed by atoms with Crippen LogP contribution in [0.1, 0.15) is 32.6 Å². The Morgan fingerprint density at radius 3 is 3.05 bits per heavy atom. The molecule has 0 bridgehead atoms. The first-order valence-electron chi connectivity index (χ1n) is 7.82. The van der Waals surface area contributed by atoms with Crippen molar-refractivity contribution in [3.63, 3.8) is 0 Å². The predicted octanol–water partition coefficient (Wildman–Crippen LogP) is 2.21. The lowest BCUT2D eigenvalue weighted by Crippen LogP contribution is -2.27. The lowest BCUT2D eigenvalue weighted by molar-refractivity contribution is 0.183. The Hall–Kier alpha value is -1.07. The molecule has 1 atom stereocenters. The monoisotopic (exact) mass is 280 g/mol. The molecule has 0 aliphatic carbocycles. The van der Waals surface area contributed by atoms with Crippen LogP contribution in [0.5, 0.6) is 0 Å². The number of rotatable bonds is 7. The van der Waals surface area contributed by atoms with Crippen LogP contribution in [0.4, 0.5) is 5.69 Å². The Morgan fingerprint density at radius 2 is 2.25 bits per heavy atom.